The highest BCUT2D eigenvalue weighted by atomic mass is 32.2. The van der Waals surface area contributed by atoms with Gasteiger partial charge in [0.2, 0.25) is 11.9 Å². The maximum atomic E-state index is 15.6. The summed E-state index contributed by atoms with van der Waals surface area (Å²) < 4.78 is 165. The minimum atomic E-state index is -5.32. The van der Waals surface area contributed by atoms with Gasteiger partial charge in [-0.1, -0.05) is 84.9 Å². The van der Waals surface area contributed by atoms with E-state index in [1.165, 1.54) is 139 Å². The molecule has 4 N–H and O–H groups in total. The Morgan fingerprint density at radius 2 is 0.573 bits per heavy atom. The summed E-state index contributed by atoms with van der Waals surface area (Å²) in [6, 6.07) is 34.9. The summed E-state index contributed by atoms with van der Waals surface area (Å²) in [6.45, 7) is 33.9. The summed E-state index contributed by atoms with van der Waals surface area (Å²) in [5.74, 6) is -6.76. The van der Waals surface area contributed by atoms with Crippen molar-refractivity contribution in [3.63, 3.8) is 0 Å². The zero-order chi connectivity index (χ0) is 112. The Bertz CT molecular complexity index is 5380. The van der Waals surface area contributed by atoms with Gasteiger partial charge in [0.15, 0.2) is 0 Å². The van der Waals surface area contributed by atoms with Crippen molar-refractivity contribution < 1.29 is 160 Å². The number of amides is 6. The van der Waals surface area contributed by atoms with Crippen molar-refractivity contribution in [1.29, 1.82) is 0 Å². The molecule has 826 valence electrons. The Labute approximate surface area is 876 Å². The fourth-order valence-corrected chi connectivity index (χ4v) is 15.7. The van der Waals surface area contributed by atoms with E-state index < -0.39 is 215 Å². The summed E-state index contributed by atoms with van der Waals surface area (Å²) in [6.07, 6.45) is -8.50. The van der Waals surface area contributed by atoms with E-state index in [0.29, 0.717) is 28.3 Å². The molecule has 6 aromatic carbocycles. The predicted molar refractivity (Wildman–Crippen MR) is 550 cm³/mol. The quantitative estimate of drug-likeness (QED) is 0.00688. The van der Waals surface area contributed by atoms with Gasteiger partial charge in [-0.2, -0.15) is 34.1 Å². The highest BCUT2D eigenvalue weighted by molar-refractivity contribution is 7.87. The van der Waals surface area contributed by atoms with E-state index in [1.807, 2.05) is 0 Å². The van der Waals surface area contributed by atoms with Gasteiger partial charge in [-0.05, 0) is 261 Å². The number of carbonyl (C=O) groups is 12. The number of aliphatic imine (C=N–C) groups is 2. The second-order valence-corrected chi connectivity index (χ2v) is 44.9. The first kappa shape index (κ1) is 125. The molecule has 0 unspecified atom stereocenters. The second-order valence-electron chi connectivity index (χ2n) is 41.3. The summed E-state index contributed by atoms with van der Waals surface area (Å²) in [7, 11) is -10.6. The molecule has 6 amide bonds. The van der Waals surface area contributed by atoms with Crippen LogP contribution in [0.2, 0.25) is 0 Å². The third kappa shape index (κ3) is 49.9. The van der Waals surface area contributed by atoms with Crippen LogP contribution in [0.5, 0.6) is 11.5 Å². The first-order chi connectivity index (χ1) is 69.8. The molecule has 0 heterocycles. The second kappa shape index (κ2) is 57.6. The van der Waals surface area contributed by atoms with Crippen LogP contribution in [0.3, 0.4) is 0 Å². The SMILES string of the molecule is CC(C)(C)OC(=O)C[C@@H](C(=O)OC(C)(C)C)N(CCOCCOCCOCCOCCOCCOCCN([C@@H](CC(=O)OC(C)(C)C)C(=O)OC(C)(C)C)S(=O)(=O)N(Cc1ccc(OC(=O)c2ccc(NC(=NC(=O)OC(C)(C)C)NC(=O)OC(C)(C)C)cc2)cc1)C(=O)OCc1ccccc1)S(=O)(=O)N(Cc1ccc(OC(=O)c2ccc(NC(=NC(=O)OC(C)(C)C)NC(=O)OC(C)(C)C)cc2)cc1)C(=O)OCc1ccccc1. The lowest BCUT2D eigenvalue weighted by molar-refractivity contribution is -0.167. The molecule has 0 aromatic heterocycles. The van der Waals surface area contributed by atoms with Gasteiger partial charge in [0.25, 0.3) is 0 Å². The van der Waals surface area contributed by atoms with Crippen molar-refractivity contribution in [1.82, 2.24) is 27.9 Å². The van der Waals surface area contributed by atoms with Gasteiger partial charge in [0.1, 0.15) is 81.6 Å². The molecule has 0 bridgehead atoms. The minimum absolute atomic E-state index is 0.0199. The number of carbonyl (C=O) groups excluding carboxylic acids is 12. The molecule has 46 heteroatoms. The molecular weight excluding hydrogens is 2000 g/mol. The van der Waals surface area contributed by atoms with Crippen LogP contribution in [0.1, 0.15) is 222 Å². The Kier molecular flexibility index (Phi) is 48.1. The van der Waals surface area contributed by atoms with Gasteiger partial charge in [0.05, 0.1) is 116 Å². The Balaban J connectivity index is 1.07. The number of rotatable bonds is 47. The molecule has 0 spiro atoms. The molecule has 0 fully saturated rings. The number of hydrogen-bond donors (Lipinski definition) is 4. The summed E-state index contributed by atoms with van der Waals surface area (Å²) >= 11 is 0. The Morgan fingerprint density at radius 3 is 0.840 bits per heavy atom. The van der Waals surface area contributed by atoms with Crippen molar-refractivity contribution in [3.05, 3.63) is 191 Å². The zero-order valence-corrected chi connectivity index (χ0v) is 91.3. The molecule has 0 radical (unpaired) electrons. The summed E-state index contributed by atoms with van der Waals surface area (Å²) in [5, 5.41) is 10.3. The lowest BCUT2D eigenvalue weighted by atomic mass is 10.1. The fourth-order valence-electron chi connectivity index (χ4n) is 12.5. The maximum absolute atomic E-state index is 15.6. The van der Waals surface area contributed by atoms with Gasteiger partial charge >= 0.3 is 92.8 Å². The van der Waals surface area contributed by atoms with Crippen LogP contribution in [0.25, 0.3) is 0 Å². The third-order valence-corrected chi connectivity index (χ3v) is 22.2. The standard InChI is InChI=1S/C104H144N10O34S2/c1-97(2,3)141-83(115)65-81(87(119)143-99(7,8)9)111(149(127,128)113(95(125)137-69-73-31-27-25-28-32-73)67-71-35-47-79(48-36-71)139-85(117)75-39-43-77(44-40-75)105-89(107-91(121)145-101(13,14)15)108-92(122)146-102(16,17)18)51-53-131-55-57-133-59-61-135-63-64-136-62-60-134-58-56-132-54-52-112(82(88(120)144-100(10,11)12)66-84(116)142-98(4,5)6)150(129,130)114(96(126)138-70-74-33-29-26-30-34-74)68-72-37-49-80(50-38-72)140-86(118)76-41-45-78(46-42-76)106-90(109-93(123)147-103(19,20)21)110-94(124)148-104(22,23)24/h25-50,81-82H,51-70H2,1-24H3,(H2,105,107,108,121,122)(H2,106,109,110,123,124)/t81-,82-/m0/s1. The number of hydrogen-bond acceptors (Lipinski definition) is 34. The van der Waals surface area contributed by atoms with E-state index in [1.54, 1.807) is 185 Å². The van der Waals surface area contributed by atoms with E-state index in [9.17, 15) is 57.5 Å². The van der Waals surface area contributed by atoms with E-state index in [4.69, 9.17) is 85.3 Å². The van der Waals surface area contributed by atoms with Crippen molar-refractivity contribution in [3.8, 4) is 11.5 Å². The molecule has 0 saturated heterocycles. The topological polar surface area (TPSA) is 525 Å². The summed E-state index contributed by atoms with van der Waals surface area (Å²) in [4.78, 5) is 171. The smallest absolute Gasteiger partial charge is 0.437 e. The number of anilines is 2. The lowest BCUT2D eigenvalue weighted by Gasteiger charge is -2.35. The molecule has 0 saturated carbocycles. The highest BCUT2D eigenvalue weighted by Gasteiger charge is 2.48. The van der Waals surface area contributed by atoms with Crippen LogP contribution in [0, 0.1) is 0 Å². The van der Waals surface area contributed by atoms with Crippen molar-refractivity contribution in [2.24, 2.45) is 9.98 Å². The molecule has 44 nitrogen and oxygen atoms in total. The number of nitrogens with one attached hydrogen (secondary N) is 4. The molecule has 6 aromatic rings. The number of esters is 6. The lowest BCUT2D eigenvalue weighted by Crippen LogP contribution is -2.55. The average Bonchev–Trinajstić information content (AvgIpc) is 0.779. The van der Waals surface area contributed by atoms with Gasteiger partial charge in [-0.3, -0.25) is 29.8 Å². The first-order valence-corrected chi connectivity index (χ1v) is 50.9. The maximum Gasteiger partial charge on any atom is 0.437 e. The molecule has 2 atom stereocenters. The molecule has 0 aliphatic heterocycles. The fraction of sp³-hybridized carbons (Fsp3) is 0.519. The molecule has 150 heavy (non-hydrogen) atoms. The minimum Gasteiger partial charge on any atom is -0.460 e. The molecule has 0 aliphatic rings. The van der Waals surface area contributed by atoms with Crippen LogP contribution in [-0.4, -0.2) is 268 Å². The van der Waals surface area contributed by atoms with Gasteiger partial charge < -0.3 is 95.9 Å². The summed E-state index contributed by atoms with van der Waals surface area (Å²) in [5.41, 5.74) is -6.51. The Hall–Kier alpha value is -13.3. The number of guanidine groups is 2. The van der Waals surface area contributed by atoms with E-state index >= 15 is 16.8 Å². The van der Waals surface area contributed by atoms with Crippen molar-refractivity contribution in [2.45, 2.75) is 262 Å². The van der Waals surface area contributed by atoms with Crippen molar-refractivity contribution in [2.75, 3.05) is 103 Å². The first-order valence-electron chi connectivity index (χ1n) is 48.1. The number of benzene rings is 6. The van der Waals surface area contributed by atoms with E-state index in [2.05, 4.69) is 31.3 Å². The highest BCUT2D eigenvalue weighted by Crippen LogP contribution is 2.31. The van der Waals surface area contributed by atoms with Gasteiger partial charge in [-0.15, -0.1) is 9.98 Å². The third-order valence-electron chi connectivity index (χ3n) is 18.5. The normalized spacial score (nSPS) is 12.9. The average molecular weight is 2140 g/mol. The number of nitrogens with zero attached hydrogens (tertiary/aromatic N) is 6. The largest absolute Gasteiger partial charge is 0.460 e. The van der Waals surface area contributed by atoms with Gasteiger partial charge in [-0.25, -0.2) is 38.4 Å². The Morgan fingerprint density at radius 1 is 0.307 bits per heavy atom. The monoisotopic (exact) mass is 2140 g/mol. The van der Waals surface area contributed by atoms with Crippen LogP contribution in [0.4, 0.5) is 40.1 Å². The number of alkyl carbamates (subject to hydrolysis) is 2. The molecule has 0 aliphatic carbocycles. The molecular formula is C104H144N10O34S2. The van der Waals surface area contributed by atoms with Crippen molar-refractivity contribution >= 4 is 116 Å². The van der Waals surface area contributed by atoms with Crippen LogP contribution >= 0.6 is 0 Å². The zero-order valence-electron chi connectivity index (χ0n) is 89.7. The van der Waals surface area contributed by atoms with E-state index in [-0.39, 0.29) is 123 Å². The van der Waals surface area contributed by atoms with Crippen LogP contribution < -0.4 is 30.7 Å². The molecule has 6 rings (SSSR count). The van der Waals surface area contributed by atoms with Crippen LogP contribution in [0.15, 0.2) is 168 Å². The van der Waals surface area contributed by atoms with E-state index in [0.717, 1.165) is 0 Å². The van der Waals surface area contributed by atoms with Crippen LogP contribution in [-0.2, 0) is 142 Å². The number of ether oxygens (including phenoxy) is 18. The predicted octanol–water partition coefficient (Wildman–Crippen LogP) is 15.6. The van der Waals surface area contributed by atoms with Gasteiger partial charge in [0, 0.05) is 24.5 Å².